The van der Waals surface area contributed by atoms with Gasteiger partial charge in [0, 0.05) is 18.7 Å². The van der Waals surface area contributed by atoms with Crippen LogP contribution in [0.1, 0.15) is 31.1 Å². The van der Waals surface area contributed by atoms with Gasteiger partial charge >= 0.3 is 0 Å². The Hall–Kier alpha value is -2.04. The van der Waals surface area contributed by atoms with Crippen molar-refractivity contribution < 1.29 is 19.1 Å². The van der Waals surface area contributed by atoms with E-state index < -0.39 is 0 Å². The van der Waals surface area contributed by atoms with Crippen LogP contribution in [0, 0.1) is 0 Å². The van der Waals surface area contributed by atoms with E-state index in [0.29, 0.717) is 30.2 Å². The number of nitrogens with zero attached hydrogens (tertiary/aromatic N) is 1. The number of likely N-dealkylation sites (N-methyl/N-ethyl adjacent to an activating group) is 1. The number of ketones is 1. The molecule has 110 valence electrons. The molecule has 0 N–H and O–H groups in total. The second-order valence-electron chi connectivity index (χ2n) is 4.28. The second kappa shape index (κ2) is 7.53. The normalized spacial score (nSPS) is 10.0. The van der Waals surface area contributed by atoms with Gasteiger partial charge in [-0.25, -0.2) is 0 Å². The predicted molar refractivity (Wildman–Crippen MR) is 76.4 cm³/mol. The van der Waals surface area contributed by atoms with Gasteiger partial charge in [-0.15, -0.1) is 0 Å². The van der Waals surface area contributed by atoms with Crippen LogP contribution in [-0.4, -0.2) is 43.4 Å². The van der Waals surface area contributed by atoms with E-state index in [4.69, 9.17) is 9.47 Å². The van der Waals surface area contributed by atoms with Gasteiger partial charge in [0.15, 0.2) is 23.9 Å². The van der Waals surface area contributed by atoms with Gasteiger partial charge in [0.2, 0.25) is 0 Å². The molecule has 0 fully saturated rings. The Morgan fingerprint density at radius 1 is 1.15 bits per heavy atom. The zero-order valence-corrected chi connectivity index (χ0v) is 12.4. The molecule has 5 heteroatoms. The summed E-state index contributed by atoms with van der Waals surface area (Å²) in [6.07, 6.45) is 0. The Labute approximate surface area is 119 Å². The Balaban J connectivity index is 2.77. The fraction of sp³-hybridized carbons (Fsp3) is 0.467. The van der Waals surface area contributed by atoms with E-state index in [0.717, 1.165) is 0 Å². The molecule has 1 amide bonds. The SMILES string of the molecule is CCN(CC)C(=O)COc1ccc(C(C)=O)cc1OC. The maximum atomic E-state index is 11.9. The van der Waals surface area contributed by atoms with Gasteiger partial charge < -0.3 is 14.4 Å². The van der Waals surface area contributed by atoms with Gasteiger partial charge in [0.1, 0.15) is 0 Å². The smallest absolute Gasteiger partial charge is 0.260 e. The lowest BCUT2D eigenvalue weighted by Gasteiger charge is -2.19. The molecule has 0 radical (unpaired) electrons. The summed E-state index contributed by atoms with van der Waals surface area (Å²) in [6, 6.07) is 4.91. The van der Waals surface area contributed by atoms with Crippen LogP contribution in [0.15, 0.2) is 18.2 Å². The molecule has 0 aliphatic carbocycles. The fourth-order valence-electron chi connectivity index (χ4n) is 1.81. The van der Waals surface area contributed by atoms with Crippen molar-refractivity contribution in [1.82, 2.24) is 4.90 Å². The van der Waals surface area contributed by atoms with E-state index >= 15 is 0 Å². The van der Waals surface area contributed by atoms with Crippen molar-refractivity contribution in [3.63, 3.8) is 0 Å². The van der Waals surface area contributed by atoms with Gasteiger partial charge in [-0.05, 0) is 39.0 Å². The standard InChI is InChI=1S/C15H21NO4/c1-5-16(6-2)15(18)10-20-13-8-7-12(11(3)17)9-14(13)19-4/h7-9H,5-6,10H2,1-4H3. The second-order valence-corrected chi connectivity index (χ2v) is 4.28. The quantitative estimate of drug-likeness (QED) is 0.718. The summed E-state index contributed by atoms with van der Waals surface area (Å²) in [5.74, 6) is 0.782. The fourth-order valence-corrected chi connectivity index (χ4v) is 1.81. The summed E-state index contributed by atoms with van der Waals surface area (Å²) < 4.78 is 10.7. The van der Waals surface area contributed by atoms with E-state index in [-0.39, 0.29) is 18.3 Å². The summed E-state index contributed by atoms with van der Waals surface area (Å²) in [6.45, 7) is 6.59. The number of hydrogen-bond donors (Lipinski definition) is 0. The van der Waals surface area contributed by atoms with Gasteiger partial charge in [-0.2, -0.15) is 0 Å². The minimum Gasteiger partial charge on any atom is -0.493 e. The molecule has 0 atom stereocenters. The molecule has 0 aliphatic heterocycles. The van der Waals surface area contributed by atoms with Crippen LogP contribution in [0.25, 0.3) is 0 Å². The number of rotatable bonds is 7. The lowest BCUT2D eigenvalue weighted by molar-refractivity contribution is -0.132. The van der Waals surface area contributed by atoms with Crippen LogP contribution in [0.2, 0.25) is 0 Å². The molecule has 1 aromatic carbocycles. The molecule has 0 saturated heterocycles. The van der Waals surface area contributed by atoms with E-state index in [2.05, 4.69) is 0 Å². The third kappa shape index (κ3) is 3.98. The molecule has 0 aromatic heterocycles. The number of Topliss-reactive ketones (excluding diaryl/α,β-unsaturated/α-hetero) is 1. The van der Waals surface area contributed by atoms with Gasteiger partial charge in [-0.1, -0.05) is 0 Å². The van der Waals surface area contributed by atoms with Crippen LogP contribution in [0.3, 0.4) is 0 Å². The molecular weight excluding hydrogens is 258 g/mol. The Morgan fingerprint density at radius 3 is 2.30 bits per heavy atom. The summed E-state index contributed by atoms with van der Waals surface area (Å²) in [5, 5.41) is 0. The topological polar surface area (TPSA) is 55.8 Å². The first kappa shape index (κ1) is 16.0. The third-order valence-corrected chi connectivity index (χ3v) is 3.04. The molecule has 5 nitrogen and oxygen atoms in total. The van der Waals surface area contributed by atoms with Crippen molar-refractivity contribution in [3.05, 3.63) is 23.8 Å². The van der Waals surface area contributed by atoms with E-state index in [1.54, 1.807) is 23.1 Å². The molecule has 1 aromatic rings. The van der Waals surface area contributed by atoms with Crippen LogP contribution < -0.4 is 9.47 Å². The third-order valence-electron chi connectivity index (χ3n) is 3.04. The van der Waals surface area contributed by atoms with Crippen molar-refractivity contribution >= 4 is 11.7 Å². The van der Waals surface area contributed by atoms with Crippen LogP contribution >= 0.6 is 0 Å². The van der Waals surface area contributed by atoms with Gasteiger partial charge in [0.05, 0.1) is 7.11 Å². The average Bonchev–Trinajstić information content (AvgIpc) is 2.45. The Kier molecular flexibility index (Phi) is 6.03. The zero-order chi connectivity index (χ0) is 15.1. The molecule has 0 aliphatic rings. The highest BCUT2D eigenvalue weighted by Gasteiger charge is 2.13. The van der Waals surface area contributed by atoms with Crippen molar-refractivity contribution in [3.8, 4) is 11.5 Å². The lowest BCUT2D eigenvalue weighted by Crippen LogP contribution is -2.34. The number of benzene rings is 1. The number of ether oxygens (including phenoxy) is 2. The van der Waals surface area contributed by atoms with Crippen molar-refractivity contribution in [2.24, 2.45) is 0 Å². The first-order valence-corrected chi connectivity index (χ1v) is 6.63. The van der Waals surface area contributed by atoms with Crippen LogP contribution in [-0.2, 0) is 4.79 Å². The number of carbonyl (C=O) groups is 2. The minimum atomic E-state index is -0.0762. The molecule has 20 heavy (non-hydrogen) atoms. The average molecular weight is 279 g/mol. The van der Waals surface area contributed by atoms with E-state index in [1.165, 1.54) is 14.0 Å². The maximum Gasteiger partial charge on any atom is 0.260 e. The van der Waals surface area contributed by atoms with Crippen LogP contribution in [0.4, 0.5) is 0 Å². The highest BCUT2D eigenvalue weighted by Crippen LogP contribution is 2.28. The van der Waals surface area contributed by atoms with Gasteiger partial charge in [0.25, 0.3) is 5.91 Å². The molecule has 0 bridgehead atoms. The summed E-state index contributed by atoms with van der Waals surface area (Å²) >= 11 is 0. The zero-order valence-electron chi connectivity index (χ0n) is 12.4. The molecule has 1 rings (SSSR count). The Morgan fingerprint density at radius 2 is 1.80 bits per heavy atom. The largest absolute Gasteiger partial charge is 0.493 e. The number of amides is 1. The first-order chi connectivity index (χ1) is 9.53. The summed E-state index contributed by atoms with van der Waals surface area (Å²) in [5.41, 5.74) is 0.546. The number of hydrogen-bond acceptors (Lipinski definition) is 4. The maximum absolute atomic E-state index is 11.9. The predicted octanol–water partition coefficient (Wildman–Crippen LogP) is 2.14. The molecule has 0 heterocycles. The van der Waals surface area contributed by atoms with E-state index in [9.17, 15) is 9.59 Å². The first-order valence-electron chi connectivity index (χ1n) is 6.63. The highest BCUT2D eigenvalue weighted by atomic mass is 16.5. The number of methoxy groups -OCH3 is 1. The lowest BCUT2D eigenvalue weighted by atomic mass is 10.1. The summed E-state index contributed by atoms with van der Waals surface area (Å²) in [4.78, 5) is 24.9. The minimum absolute atomic E-state index is 0.0442. The number of carbonyl (C=O) groups excluding carboxylic acids is 2. The van der Waals surface area contributed by atoms with Gasteiger partial charge in [-0.3, -0.25) is 9.59 Å². The van der Waals surface area contributed by atoms with Crippen molar-refractivity contribution in [1.29, 1.82) is 0 Å². The van der Waals surface area contributed by atoms with E-state index in [1.807, 2.05) is 13.8 Å². The molecule has 0 saturated carbocycles. The molecule has 0 unspecified atom stereocenters. The van der Waals surface area contributed by atoms with Crippen molar-refractivity contribution in [2.75, 3.05) is 26.8 Å². The molecular formula is C15H21NO4. The van der Waals surface area contributed by atoms with Crippen LogP contribution in [0.5, 0.6) is 11.5 Å². The monoisotopic (exact) mass is 279 g/mol. The molecule has 0 spiro atoms. The van der Waals surface area contributed by atoms with Crippen molar-refractivity contribution in [2.45, 2.75) is 20.8 Å². The summed E-state index contributed by atoms with van der Waals surface area (Å²) in [7, 11) is 1.50. The highest BCUT2D eigenvalue weighted by molar-refractivity contribution is 5.94. The Bertz CT molecular complexity index is 481.